The average Bonchev–Trinajstić information content (AvgIpc) is 2.85. The number of anilines is 1. The molecule has 0 unspecified atom stereocenters. The van der Waals surface area contributed by atoms with Crippen LogP contribution in [0.15, 0.2) is 77.7 Å². The van der Waals surface area contributed by atoms with Gasteiger partial charge in [0.05, 0.1) is 10.6 Å². The Morgan fingerprint density at radius 2 is 1.59 bits per heavy atom. The highest BCUT2D eigenvalue weighted by Gasteiger charge is 2.32. The molecule has 2 amide bonds. The molecule has 1 N–H and O–H groups in total. The molecule has 0 aliphatic carbocycles. The van der Waals surface area contributed by atoms with Gasteiger partial charge in [0, 0.05) is 18.1 Å². The molecule has 3 aromatic carbocycles. The number of aryl methyl sites for hydroxylation is 2. The van der Waals surface area contributed by atoms with Crippen LogP contribution in [0.25, 0.3) is 0 Å². The van der Waals surface area contributed by atoms with Crippen molar-refractivity contribution in [3.05, 3.63) is 94.5 Å². The van der Waals surface area contributed by atoms with E-state index in [1.807, 2.05) is 19.9 Å². The quantitative estimate of drug-likeness (QED) is 0.403. The molecular weight excluding hydrogens is 510 g/mol. The highest BCUT2D eigenvalue weighted by atomic mass is 35.5. The number of amides is 2. The fourth-order valence-electron chi connectivity index (χ4n) is 4.08. The summed E-state index contributed by atoms with van der Waals surface area (Å²) in [7, 11) is -4.09. The molecule has 0 saturated heterocycles. The van der Waals surface area contributed by atoms with Crippen molar-refractivity contribution in [3.63, 3.8) is 0 Å². The van der Waals surface area contributed by atoms with Crippen LogP contribution in [0.2, 0.25) is 5.02 Å². The number of hydrogen-bond donors (Lipinski definition) is 1. The second kappa shape index (κ2) is 12.3. The van der Waals surface area contributed by atoms with E-state index >= 15 is 0 Å². The molecule has 0 aliphatic rings. The monoisotopic (exact) mass is 541 g/mol. The summed E-state index contributed by atoms with van der Waals surface area (Å²) in [4.78, 5) is 28.0. The Balaban J connectivity index is 2.05. The molecule has 0 bridgehead atoms. The minimum atomic E-state index is -4.09. The highest BCUT2D eigenvalue weighted by Crippen LogP contribution is 2.26. The van der Waals surface area contributed by atoms with E-state index in [1.54, 1.807) is 68.4 Å². The topological polar surface area (TPSA) is 86.8 Å². The van der Waals surface area contributed by atoms with Gasteiger partial charge in [0.1, 0.15) is 12.6 Å². The van der Waals surface area contributed by atoms with Gasteiger partial charge in [-0.05, 0) is 80.8 Å². The molecule has 37 heavy (non-hydrogen) atoms. The zero-order chi connectivity index (χ0) is 27.2. The molecule has 0 spiro atoms. The van der Waals surface area contributed by atoms with Gasteiger partial charge in [0.25, 0.3) is 10.0 Å². The first-order valence-corrected chi connectivity index (χ1v) is 13.8. The van der Waals surface area contributed by atoms with E-state index in [1.165, 1.54) is 17.0 Å². The Kier molecular flexibility index (Phi) is 9.34. The van der Waals surface area contributed by atoms with Crippen molar-refractivity contribution in [1.29, 1.82) is 0 Å². The maximum Gasteiger partial charge on any atom is 0.264 e. The van der Waals surface area contributed by atoms with Gasteiger partial charge in [0.2, 0.25) is 11.8 Å². The lowest BCUT2D eigenvalue weighted by Crippen LogP contribution is -2.51. The van der Waals surface area contributed by atoms with E-state index in [0.29, 0.717) is 17.3 Å². The third-order valence-corrected chi connectivity index (χ3v) is 7.89. The van der Waals surface area contributed by atoms with Crippen molar-refractivity contribution in [2.45, 2.75) is 45.2 Å². The number of nitrogens with one attached hydrogen (secondary N) is 1. The van der Waals surface area contributed by atoms with Crippen LogP contribution in [0.5, 0.6) is 0 Å². The Morgan fingerprint density at radius 3 is 2.19 bits per heavy atom. The average molecular weight is 542 g/mol. The summed E-state index contributed by atoms with van der Waals surface area (Å²) in [6, 6.07) is 19.6. The van der Waals surface area contributed by atoms with Crippen LogP contribution in [0.4, 0.5) is 5.69 Å². The smallest absolute Gasteiger partial charge is 0.264 e. The molecule has 0 aliphatic heterocycles. The van der Waals surface area contributed by atoms with E-state index < -0.39 is 28.5 Å². The van der Waals surface area contributed by atoms with Gasteiger partial charge in [-0.2, -0.15) is 0 Å². The molecular formula is C28H32ClN3O4S. The van der Waals surface area contributed by atoms with Crippen LogP contribution in [0.3, 0.4) is 0 Å². The number of nitrogens with zero attached hydrogens (tertiary/aromatic N) is 2. The van der Waals surface area contributed by atoms with Crippen molar-refractivity contribution in [1.82, 2.24) is 10.2 Å². The Bertz CT molecular complexity index is 1340. The molecule has 0 radical (unpaired) electrons. The minimum Gasteiger partial charge on any atom is -0.355 e. The van der Waals surface area contributed by atoms with Crippen LogP contribution in [0, 0.1) is 13.8 Å². The molecule has 0 heterocycles. The normalized spacial score (nSPS) is 12.0. The van der Waals surface area contributed by atoms with E-state index in [2.05, 4.69) is 5.32 Å². The van der Waals surface area contributed by atoms with Crippen molar-refractivity contribution in [2.75, 3.05) is 17.4 Å². The Morgan fingerprint density at radius 1 is 0.946 bits per heavy atom. The summed E-state index contributed by atoms with van der Waals surface area (Å²) >= 11 is 6.15. The zero-order valence-electron chi connectivity index (χ0n) is 21.4. The Hall–Kier alpha value is -3.36. The third-order valence-electron chi connectivity index (χ3n) is 5.86. The van der Waals surface area contributed by atoms with Gasteiger partial charge in [-0.25, -0.2) is 8.42 Å². The molecule has 0 fully saturated rings. The van der Waals surface area contributed by atoms with E-state index in [9.17, 15) is 18.0 Å². The van der Waals surface area contributed by atoms with Gasteiger partial charge < -0.3 is 10.2 Å². The standard InChI is InChI=1S/C28H32ClN3O4S/c1-5-30-28(34)22(4)31(18-23-10-9-11-24(29)17-23)27(33)19-32(25-15-20(2)14-21(3)16-25)37(35,36)26-12-7-6-8-13-26/h6-17,22H,5,18-19H2,1-4H3,(H,30,34)/t22-/m1/s1. The molecule has 3 rings (SSSR count). The first-order chi connectivity index (χ1) is 17.5. The van der Waals surface area contributed by atoms with Crippen LogP contribution in [-0.4, -0.2) is 44.3 Å². The minimum absolute atomic E-state index is 0.0696. The van der Waals surface area contributed by atoms with Crippen LogP contribution in [0.1, 0.15) is 30.5 Å². The molecule has 0 aromatic heterocycles. The maximum atomic E-state index is 13.8. The fraction of sp³-hybridized carbons (Fsp3) is 0.286. The van der Waals surface area contributed by atoms with Crippen LogP contribution in [-0.2, 0) is 26.2 Å². The summed E-state index contributed by atoms with van der Waals surface area (Å²) in [5.74, 6) is -0.848. The number of carbonyl (C=O) groups excluding carboxylic acids is 2. The lowest BCUT2D eigenvalue weighted by molar-refractivity contribution is -0.139. The molecule has 196 valence electrons. The van der Waals surface area contributed by atoms with Gasteiger partial charge in [0.15, 0.2) is 0 Å². The molecule has 0 saturated carbocycles. The summed E-state index contributed by atoms with van der Waals surface area (Å²) in [6.45, 7) is 7.17. The van der Waals surface area contributed by atoms with Crippen molar-refractivity contribution >= 4 is 39.1 Å². The largest absolute Gasteiger partial charge is 0.355 e. The first kappa shape index (κ1) is 28.2. The van der Waals surface area contributed by atoms with Gasteiger partial charge in [-0.15, -0.1) is 0 Å². The number of halogens is 1. The molecule has 7 nitrogen and oxygen atoms in total. The van der Waals surface area contributed by atoms with Gasteiger partial charge >= 0.3 is 0 Å². The number of carbonyl (C=O) groups is 2. The lowest BCUT2D eigenvalue weighted by atomic mass is 10.1. The van der Waals surface area contributed by atoms with Crippen LogP contribution >= 0.6 is 11.6 Å². The predicted octanol–water partition coefficient (Wildman–Crippen LogP) is 4.71. The van der Waals surface area contributed by atoms with Crippen LogP contribution < -0.4 is 9.62 Å². The maximum absolute atomic E-state index is 13.8. The summed E-state index contributed by atoms with van der Waals surface area (Å²) in [6.07, 6.45) is 0. The van der Waals surface area contributed by atoms with Crippen molar-refractivity contribution < 1.29 is 18.0 Å². The molecule has 1 atom stereocenters. The SMILES string of the molecule is CCNC(=O)[C@@H](C)N(Cc1cccc(Cl)c1)C(=O)CN(c1cc(C)cc(C)c1)S(=O)(=O)c1ccccc1. The van der Waals surface area contributed by atoms with Crippen molar-refractivity contribution in [3.8, 4) is 0 Å². The predicted molar refractivity (Wildman–Crippen MR) is 147 cm³/mol. The fourth-order valence-corrected chi connectivity index (χ4v) is 5.71. The molecule has 9 heteroatoms. The number of benzene rings is 3. The lowest BCUT2D eigenvalue weighted by Gasteiger charge is -2.32. The van der Waals surface area contributed by atoms with E-state index in [-0.39, 0.29) is 17.3 Å². The first-order valence-electron chi connectivity index (χ1n) is 12.0. The van der Waals surface area contributed by atoms with Crippen molar-refractivity contribution in [2.24, 2.45) is 0 Å². The number of rotatable bonds is 10. The van der Waals surface area contributed by atoms with Gasteiger partial charge in [-0.3, -0.25) is 13.9 Å². The highest BCUT2D eigenvalue weighted by molar-refractivity contribution is 7.92. The number of sulfonamides is 1. The summed E-state index contributed by atoms with van der Waals surface area (Å²) < 4.78 is 28.7. The van der Waals surface area contributed by atoms with E-state index in [0.717, 1.165) is 21.0 Å². The number of likely N-dealkylation sites (N-methyl/N-ethyl adjacent to an activating group) is 1. The Labute approximate surface area is 224 Å². The third kappa shape index (κ3) is 7.11. The number of hydrogen-bond acceptors (Lipinski definition) is 4. The summed E-state index contributed by atoms with van der Waals surface area (Å²) in [5, 5.41) is 3.24. The molecule has 3 aromatic rings. The van der Waals surface area contributed by atoms with Gasteiger partial charge in [-0.1, -0.05) is 48.0 Å². The van der Waals surface area contributed by atoms with E-state index in [4.69, 9.17) is 11.6 Å². The zero-order valence-corrected chi connectivity index (χ0v) is 23.0. The second-order valence-electron chi connectivity index (χ2n) is 8.89. The summed E-state index contributed by atoms with van der Waals surface area (Å²) in [5.41, 5.74) is 2.83. The second-order valence-corrected chi connectivity index (χ2v) is 11.2.